The standard InChI is InChI=1S/C9H7NO2.C7H14N2O.C5H12N2/c1-10-8(11)6-4-2-3-5-7(6)9(10)12;1-7(10)9-5-3-8(2)4-6-9;1-7-4-2-6-3-5-7/h2-5H,1H3;3-6H2,1-2H3;6H,2-5H2,1H3. The predicted octanol–water partition coefficient (Wildman–Crippen LogP) is 0.214. The fraction of sp³-hybridized carbons (Fsp3) is 0.571. The van der Waals surface area contributed by atoms with Gasteiger partial charge in [0.1, 0.15) is 0 Å². The van der Waals surface area contributed by atoms with Crippen molar-refractivity contribution in [3.63, 3.8) is 0 Å². The smallest absolute Gasteiger partial charge is 0.261 e. The lowest BCUT2D eigenvalue weighted by molar-refractivity contribution is -0.130. The van der Waals surface area contributed by atoms with Crippen LogP contribution in [0, 0.1) is 0 Å². The lowest BCUT2D eigenvalue weighted by Gasteiger charge is -2.31. The Morgan fingerprint density at radius 1 is 0.793 bits per heavy atom. The molecule has 3 amide bonds. The summed E-state index contributed by atoms with van der Waals surface area (Å²) in [6.07, 6.45) is 0. The fourth-order valence-electron chi connectivity index (χ4n) is 3.21. The summed E-state index contributed by atoms with van der Waals surface area (Å²) in [6, 6.07) is 6.84. The number of piperazine rings is 2. The van der Waals surface area contributed by atoms with Gasteiger partial charge in [-0.05, 0) is 26.2 Å². The fourth-order valence-corrected chi connectivity index (χ4v) is 3.21. The van der Waals surface area contributed by atoms with E-state index in [0.717, 1.165) is 44.2 Å². The van der Waals surface area contributed by atoms with E-state index in [4.69, 9.17) is 0 Å². The molecule has 0 aliphatic carbocycles. The van der Waals surface area contributed by atoms with Crippen molar-refractivity contribution in [2.24, 2.45) is 0 Å². The van der Waals surface area contributed by atoms with Crippen LogP contribution in [0.1, 0.15) is 27.6 Å². The monoisotopic (exact) mass is 403 g/mol. The highest BCUT2D eigenvalue weighted by Crippen LogP contribution is 2.20. The molecule has 0 radical (unpaired) electrons. The Morgan fingerprint density at radius 3 is 1.62 bits per heavy atom. The number of carbonyl (C=O) groups excluding carboxylic acids is 3. The summed E-state index contributed by atoms with van der Waals surface area (Å²) >= 11 is 0. The highest BCUT2D eigenvalue weighted by Gasteiger charge is 2.31. The maximum Gasteiger partial charge on any atom is 0.261 e. The zero-order chi connectivity index (χ0) is 21.4. The average Bonchev–Trinajstić information content (AvgIpc) is 2.94. The molecular weight excluding hydrogens is 370 g/mol. The maximum atomic E-state index is 11.3. The van der Waals surface area contributed by atoms with E-state index in [1.54, 1.807) is 31.2 Å². The molecule has 1 aromatic carbocycles. The van der Waals surface area contributed by atoms with Gasteiger partial charge in [-0.15, -0.1) is 0 Å². The van der Waals surface area contributed by atoms with Crippen LogP contribution in [0.15, 0.2) is 24.3 Å². The van der Waals surface area contributed by atoms with E-state index in [2.05, 4.69) is 29.2 Å². The number of hydrogen-bond donors (Lipinski definition) is 1. The zero-order valence-corrected chi connectivity index (χ0v) is 18.0. The number of amides is 3. The number of rotatable bonds is 0. The lowest BCUT2D eigenvalue weighted by Crippen LogP contribution is -2.46. The number of imide groups is 1. The minimum Gasteiger partial charge on any atom is -0.340 e. The minimum atomic E-state index is -0.212. The van der Waals surface area contributed by atoms with Gasteiger partial charge < -0.3 is 20.0 Å². The first-order chi connectivity index (χ1) is 13.8. The molecule has 0 bridgehead atoms. The van der Waals surface area contributed by atoms with Crippen molar-refractivity contribution in [3.8, 4) is 0 Å². The number of hydrogen-bond acceptors (Lipinski definition) is 6. The summed E-state index contributed by atoms with van der Waals surface area (Å²) in [5, 5.41) is 3.27. The van der Waals surface area contributed by atoms with Crippen LogP contribution in [0.2, 0.25) is 0 Å². The average molecular weight is 404 g/mol. The molecule has 3 heterocycles. The van der Waals surface area contributed by atoms with Gasteiger partial charge in [0.15, 0.2) is 0 Å². The molecule has 1 aromatic rings. The number of carbonyl (C=O) groups is 3. The number of nitrogens with zero attached hydrogens (tertiary/aromatic N) is 4. The van der Waals surface area contributed by atoms with Crippen LogP contribution in [-0.4, -0.2) is 111 Å². The first-order valence-corrected chi connectivity index (χ1v) is 10.1. The van der Waals surface area contributed by atoms with Gasteiger partial charge in [0, 0.05) is 66.3 Å². The molecule has 8 nitrogen and oxygen atoms in total. The summed E-state index contributed by atoms with van der Waals surface area (Å²) in [4.78, 5) is 41.0. The van der Waals surface area contributed by atoms with E-state index < -0.39 is 0 Å². The van der Waals surface area contributed by atoms with E-state index >= 15 is 0 Å². The van der Waals surface area contributed by atoms with Crippen LogP contribution < -0.4 is 5.32 Å². The van der Waals surface area contributed by atoms with Crippen molar-refractivity contribution >= 4 is 17.7 Å². The molecule has 3 aliphatic heterocycles. The van der Waals surface area contributed by atoms with Gasteiger partial charge in [-0.3, -0.25) is 19.3 Å². The van der Waals surface area contributed by atoms with E-state index in [0.29, 0.717) is 11.1 Å². The van der Waals surface area contributed by atoms with Crippen molar-refractivity contribution in [2.45, 2.75) is 6.92 Å². The Hall–Kier alpha value is -2.29. The number of likely N-dealkylation sites (N-methyl/N-ethyl adjacent to an activating group) is 2. The van der Waals surface area contributed by atoms with Crippen molar-refractivity contribution in [1.82, 2.24) is 24.9 Å². The first-order valence-electron chi connectivity index (χ1n) is 10.1. The molecule has 1 N–H and O–H groups in total. The minimum absolute atomic E-state index is 0.202. The molecule has 160 valence electrons. The molecule has 0 unspecified atom stereocenters. The van der Waals surface area contributed by atoms with E-state index in [1.165, 1.54) is 20.1 Å². The summed E-state index contributed by atoms with van der Waals surface area (Å²) < 4.78 is 0. The quantitative estimate of drug-likeness (QED) is 0.625. The SMILES string of the molecule is CC(=O)N1CCN(C)CC1.CN1C(=O)c2ccccc2C1=O.CN1CCNCC1. The van der Waals surface area contributed by atoms with Crippen molar-refractivity contribution in [1.29, 1.82) is 0 Å². The number of nitrogens with one attached hydrogen (secondary N) is 1. The third-order valence-electron chi connectivity index (χ3n) is 5.29. The highest BCUT2D eigenvalue weighted by atomic mass is 16.2. The van der Waals surface area contributed by atoms with Crippen molar-refractivity contribution in [3.05, 3.63) is 35.4 Å². The topological polar surface area (TPSA) is 76.2 Å². The second kappa shape index (κ2) is 11.0. The van der Waals surface area contributed by atoms with Gasteiger partial charge in [0.25, 0.3) is 11.8 Å². The van der Waals surface area contributed by atoms with Gasteiger partial charge in [0.2, 0.25) is 5.91 Å². The van der Waals surface area contributed by atoms with Crippen LogP contribution in [0.4, 0.5) is 0 Å². The first kappa shape index (κ1) is 23.0. The van der Waals surface area contributed by atoms with Crippen LogP contribution in [0.5, 0.6) is 0 Å². The molecule has 4 rings (SSSR count). The Labute approximate surface area is 173 Å². The molecule has 0 spiro atoms. The zero-order valence-electron chi connectivity index (χ0n) is 18.0. The third kappa shape index (κ3) is 6.62. The molecule has 29 heavy (non-hydrogen) atoms. The predicted molar refractivity (Wildman–Crippen MR) is 113 cm³/mol. The Bertz CT molecular complexity index is 675. The third-order valence-corrected chi connectivity index (χ3v) is 5.29. The number of benzene rings is 1. The van der Waals surface area contributed by atoms with E-state index in [1.807, 2.05) is 4.90 Å². The van der Waals surface area contributed by atoms with E-state index in [9.17, 15) is 14.4 Å². The molecule has 8 heteroatoms. The molecule has 2 fully saturated rings. The Morgan fingerprint density at radius 2 is 1.24 bits per heavy atom. The van der Waals surface area contributed by atoms with Crippen molar-refractivity contribution < 1.29 is 14.4 Å². The van der Waals surface area contributed by atoms with E-state index in [-0.39, 0.29) is 17.7 Å². The molecular formula is C21H33N5O3. The molecule has 2 saturated heterocycles. The highest BCUT2D eigenvalue weighted by molar-refractivity contribution is 6.21. The van der Waals surface area contributed by atoms with Gasteiger partial charge in [-0.25, -0.2) is 0 Å². The molecule has 3 aliphatic rings. The van der Waals surface area contributed by atoms with Crippen LogP contribution in [-0.2, 0) is 4.79 Å². The Balaban J connectivity index is 0.000000161. The second-order valence-corrected chi connectivity index (χ2v) is 7.58. The largest absolute Gasteiger partial charge is 0.340 e. The van der Waals surface area contributed by atoms with Gasteiger partial charge in [-0.2, -0.15) is 0 Å². The summed E-state index contributed by atoms with van der Waals surface area (Å²) in [6.45, 7) is 10.2. The summed E-state index contributed by atoms with van der Waals surface area (Å²) in [7, 11) is 5.73. The lowest BCUT2D eigenvalue weighted by atomic mass is 10.1. The summed E-state index contributed by atoms with van der Waals surface area (Å²) in [5.74, 6) is -0.223. The summed E-state index contributed by atoms with van der Waals surface area (Å²) in [5.41, 5.74) is 1.01. The van der Waals surface area contributed by atoms with Gasteiger partial charge in [-0.1, -0.05) is 12.1 Å². The van der Waals surface area contributed by atoms with Gasteiger partial charge >= 0.3 is 0 Å². The molecule has 0 saturated carbocycles. The van der Waals surface area contributed by atoms with Gasteiger partial charge in [0.05, 0.1) is 11.1 Å². The van der Waals surface area contributed by atoms with Crippen LogP contribution in [0.3, 0.4) is 0 Å². The normalized spacial score (nSPS) is 19.7. The second-order valence-electron chi connectivity index (χ2n) is 7.58. The molecule has 0 aromatic heterocycles. The van der Waals surface area contributed by atoms with Crippen LogP contribution >= 0.6 is 0 Å². The number of fused-ring (bicyclic) bond motifs is 1. The molecule has 0 atom stereocenters. The maximum absolute atomic E-state index is 11.3. The van der Waals surface area contributed by atoms with Crippen molar-refractivity contribution in [2.75, 3.05) is 73.5 Å². The van der Waals surface area contributed by atoms with Crippen LogP contribution in [0.25, 0.3) is 0 Å². The Kier molecular flexibility index (Phi) is 8.75.